The monoisotopic (exact) mass is 1100 g/mol. The number of ether oxygens (including phenoxy) is 2. The molecule has 376 valence electrons. The van der Waals surface area contributed by atoms with Crippen LogP contribution in [0.25, 0.3) is 44.3 Å². The first-order valence-electron chi connectivity index (χ1n) is 24.1. The van der Waals surface area contributed by atoms with E-state index in [2.05, 4.69) is 69.1 Å². The van der Waals surface area contributed by atoms with Crippen LogP contribution in [0.3, 0.4) is 0 Å². The summed E-state index contributed by atoms with van der Waals surface area (Å²) in [4.78, 5) is 71.9. The third-order valence-electron chi connectivity index (χ3n) is 14.2. The normalized spacial score (nSPS) is 18.4. The average Bonchev–Trinajstić information content (AvgIpc) is 4.19. The minimum Gasteiger partial charge on any atom is -0.453 e. The number of halogens is 4. The van der Waals surface area contributed by atoms with Crippen molar-refractivity contribution >= 4 is 68.7 Å². The molecule has 0 saturated carbocycles. The molecule has 0 spiro atoms. The fraction of sp³-hybridized carbons (Fsp3) is 0.370. The van der Waals surface area contributed by atoms with E-state index in [0.717, 1.165) is 70.1 Å². The molecule has 4 atom stereocenters. The maximum Gasteiger partial charge on any atom is 0.407 e. The molecule has 2 fully saturated rings. The molecule has 4 amide bonds. The lowest BCUT2D eigenvalue weighted by atomic mass is 9.87. The fourth-order valence-electron chi connectivity index (χ4n) is 10.2. The van der Waals surface area contributed by atoms with Crippen molar-refractivity contribution in [3.63, 3.8) is 0 Å². The first-order chi connectivity index (χ1) is 34.5. The summed E-state index contributed by atoms with van der Waals surface area (Å²) in [5, 5.41) is 5.23. The number of aryl methyl sites for hydroxylation is 4. The Hall–Kier alpha value is -6.70. The van der Waals surface area contributed by atoms with Gasteiger partial charge in [0, 0.05) is 31.5 Å². The first kappa shape index (κ1) is 50.2. The Morgan fingerprint density at radius 1 is 0.625 bits per heavy atom. The third kappa shape index (κ3) is 10.2. The van der Waals surface area contributed by atoms with E-state index < -0.39 is 48.3 Å². The summed E-state index contributed by atoms with van der Waals surface area (Å²) >= 11 is 1.65. The Bertz CT molecular complexity index is 2970. The van der Waals surface area contributed by atoms with Crippen LogP contribution in [0.4, 0.5) is 22.8 Å². The topological polar surface area (TPSA) is 175 Å². The number of amides is 4. The van der Waals surface area contributed by atoms with E-state index in [1.165, 1.54) is 24.7 Å². The van der Waals surface area contributed by atoms with Crippen molar-refractivity contribution in [3.05, 3.63) is 128 Å². The molecule has 4 aliphatic carbocycles. The van der Waals surface area contributed by atoms with Crippen LogP contribution < -0.4 is 10.6 Å². The van der Waals surface area contributed by atoms with E-state index in [0.29, 0.717) is 33.8 Å². The molecule has 2 aromatic heterocycles. The summed E-state index contributed by atoms with van der Waals surface area (Å²) in [6.07, 6.45) is -0.155. The van der Waals surface area contributed by atoms with Crippen LogP contribution in [-0.2, 0) is 44.7 Å². The van der Waals surface area contributed by atoms with Gasteiger partial charge >= 0.3 is 12.2 Å². The summed E-state index contributed by atoms with van der Waals surface area (Å²) in [6.45, 7) is 6.98. The quantitative estimate of drug-likeness (QED) is 0.0981. The van der Waals surface area contributed by atoms with Gasteiger partial charge in [0.05, 0.1) is 48.4 Å². The number of carbonyl (C=O) groups excluding carboxylic acids is 4. The SMILES string of the molecule is COC(=O)N[C@H](C(=O)N1CC(=C(F)F)C[C@H]1c1nc2cc(-c3cc4ccc3CCc3ccc(c(-c5ccc6[nH]c([C@@H]7C/C(=C(/F)I)CN7C(=O)[C@@H](NC(=O)OC)C(C)C)nc6c5)c3)CC4)ccc2[nH]1)C(C)C. The van der Waals surface area contributed by atoms with E-state index in [1.807, 2.05) is 38.1 Å². The number of aromatic amines is 2. The average molecular weight is 1100 g/mol. The van der Waals surface area contributed by atoms with Gasteiger partial charge < -0.3 is 39.9 Å². The highest BCUT2D eigenvalue weighted by molar-refractivity contribution is 14.1. The van der Waals surface area contributed by atoms with Gasteiger partial charge in [-0.05, 0) is 134 Å². The molecule has 12 rings (SSSR count). The lowest BCUT2D eigenvalue weighted by Crippen LogP contribution is -2.51. The third-order valence-corrected chi connectivity index (χ3v) is 15.0. The van der Waals surface area contributed by atoms with Crippen molar-refractivity contribution in [1.29, 1.82) is 0 Å². The van der Waals surface area contributed by atoms with Crippen LogP contribution in [-0.4, -0.2) is 93.1 Å². The van der Waals surface area contributed by atoms with Crippen molar-refractivity contribution in [1.82, 2.24) is 40.4 Å². The van der Waals surface area contributed by atoms with Crippen LogP contribution in [0.1, 0.15) is 86.5 Å². The van der Waals surface area contributed by atoms with Crippen LogP contribution in [0.5, 0.6) is 0 Å². The summed E-state index contributed by atoms with van der Waals surface area (Å²) < 4.78 is 52.2. The molecule has 4 N–H and O–H groups in total. The van der Waals surface area contributed by atoms with Crippen molar-refractivity contribution in [3.8, 4) is 22.3 Å². The van der Waals surface area contributed by atoms with Crippen LogP contribution in [0.15, 0.2) is 93.9 Å². The van der Waals surface area contributed by atoms with Crippen molar-refractivity contribution in [2.45, 2.75) is 90.4 Å². The Morgan fingerprint density at radius 3 is 1.46 bits per heavy atom. The zero-order chi connectivity index (χ0) is 51.1. The van der Waals surface area contributed by atoms with E-state index in [9.17, 15) is 32.3 Å². The molecule has 6 aromatic rings. The summed E-state index contributed by atoms with van der Waals surface area (Å²) in [5.74, 6) is -0.526. The highest BCUT2D eigenvalue weighted by Crippen LogP contribution is 2.41. The van der Waals surface area contributed by atoms with Gasteiger partial charge in [-0.3, -0.25) is 9.59 Å². The largest absolute Gasteiger partial charge is 0.453 e. The molecule has 2 aliphatic heterocycles. The van der Waals surface area contributed by atoms with E-state index in [1.54, 1.807) is 41.3 Å². The molecule has 18 heteroatoms. The first-order valence-corrected chi connectivity index (χ1v) is 25.2. The molecule has 6 aliphatic rings. The second-order valence-electron chi connectivity index (χ2n) is 19.5. The smallest absolute Gasteiger partial charge is 0.407 e. The molecule has 4 heterocycles. The van der Waals surface area contributed by atoms with Gasteiger partial charge in [-0.15, -0.1) is 0 Å². The number of nitrogens with zero attached hydrogens (tertiary/aromatic N) is 4. The van der Waals surface area contributed by atoms with Crippen molar-refractivity contribution < 1.29 is 41.8 Å². The van der Waals surface area contributed by atoms with Crippen molar-refractivity contribution in [2.24, 2.45) is 11.8 Å². The molecule has 4 bridgehead atoms. The van der Waals surface area contributed by atoms with Gasteiger partial charge in [-0.1, -0.05) is 76.2 Å². The molecular formula is C54H56F3IN8O6. The van der Waals surface area contributed by atoms with Crippen LogP contribution in [0.2, 0.25) is 0 Å². The summed E-state index contributed by atoms with van der Waals surface area (Å²) in [7, 11) is 2.44. The van der Waals surface area contributed by atoms with Gasteiger partial charge in [0.25, 0.3) is 6.08 Å². The molecular weight excluding hydrogens is 1040 g/mol. The standard InChI is InChI=1S/C54H56F3IN8O6/c1-27(2)45(63-53(69)71-5)51(67)65-25-35(47(55)56)23-43(65)49-59-39-17-15-33(21-41(39)61-49)37-19-29-7-11-31(37)12-8-30-10-14-32(13-9-29)38(20-30)34-16-18-40-42(22-34)62-50(60-40)44-24-36(48(57)58)26-66(44)52(68)46(28(3)4)64-54(70)72-6/h7,10-11,14-22,27-28,43-46H,8-9,12-13,23-26H2,1-6H3,(H,59,61)(H,60,62)(H,63,69)(H,64,70)/b48-36+/t43-,44-,45-,46-/m0/s1. The number of hydrogen-bond acceptors (Lipinski definition) is 8. The fourth-order valence-corrected chi connectivity index (χ4v) is 10.6. The molecule has 2 saturated heterocycles. The Kier molecular flexibility index (Phi) is 14.5. The lowest BCUT2D eigenvalue weighted by molar-refractivity contribution is -0.136. The van der Waals surface area contributed by atoms with Gasteiger partial charge in [-0.25, -0.2) is 19.6 Å². The minimum atomic E-state index is -1.83. The summed E-state index contributed by atoms with van der Waals surface area (Å²) in [5.41, 5.74) is 12.0. The molecule has 72 heavy (non-hydrogen) atoms. The Morgan fingerprint density at radius 2 is 1.06 bits per heavy atom. The van der Waals surface area contributed by atoms with Gasteiger partial charge in [0.1, 0.15) is 23.7 Å². The number of aromatic nitrogens is 4. The maximum atomic E-state index is 14.8. The predicted octanol–water partition coefficient (Wildman–Crippen LogP) is 10.7. The second-order valence-corrected chi connectivity index (χ2v) is 20.5. The van der Waals surface area contributed by atoms with E-state index in [4.69, 9.17) is 19.4 Å². The van der Waals surface area contributed by atoms with Crippen molar-refractivity contribution in [2.75, 3.05) is 27.3 Å². The Balaban J connectivity index is 0.970. The minimum absolute atomic E-state index is 0.0724. The number of nitrogens with one attached hydrogen (secondary N) is 4. The highest BCUT2D eigenvalue weighted by atomic mass is 127. The molecule has 4 aromatic carbocycles. The highest BCUT2D eigenvalue weighted by Gasteiger charge is 2.42. The number of likely N-dealkylation sites (tertiary alicyclic amines) is 2. The van der Waals surface area contributed by atoms with Gasteiger partial charge in [0.15, 0.2) is 3.83 Å². The zero-order valence-corrected chi connectivity index (χ0v) is 43.0. The maximum absolute atomic E-state index is 14.8. The number of fused-ring (bicyclic) bond motifs is 2. The summed E-state index contributed by atoms with van der Waals surface area (Å²) in [6, 6.07) is 22.1. The Labute approximate surface area is 428 Å². The number of alkyl carbamates (subject to hydrolysis) is 2. The molecule has 0 radical (unpaired) electrons. The van der Waals surface area contributed by atoms with E-state index in [-0.39, 0.29) is 53.1 Å². The van der Waals surface area contributed by atoms with E-state index >= 15 is 0 Å². The molecule has 0 unspecified atom stereocenters. The number of benzene rings is 4. The van der Waals surface area contributed by atoms with Crippen LogP contribution >= 0.6 is 22.6 Å². The number of carbonyl (C=O) groups is 4. The predicted molar refractivity (Wildman–Crippen MR) is 276 cm³/mol. The number of imidazole rings is 2. The van der Waals surface area contributed by atoms with Gasteiger partial charge in [0.2, 0.25) is 11.8 Å². The number of methoxy groups -OCH3 is 2. The second kappa shape index (κ2) is 20.8. The lowest BCUT2D eigenvalue weighted by Gasteiger charge is -2.29. The van der Waals surface area contributed by atoms with Gasteiger partial charge in [-0.2, -0.15) is 13.2 Å². The number of H-pyrrole nitrogens is 2. The number of rotatable bonds is 10. The zero-order valence-electron chi connectivity index (χ0n) is 40.8. The molecule has 14 nitrogen and oxygen atoms in total. The number of hydrogen-bond donors (Lipinski definition) is 4. The van der Waals surface area contributed by atoms with Crippen LogP contribution in [0, 0.1) is 11.8 Å².